The third kappa shape index (κ3) is 3.98. The van der Waals surface area contributed by atoms with Crippen LogP contribution in [0.25, 0.3) is 21.9 Å². The fraction of sp³-hybridized carbons (Fsp3) is 0.192. The monoisotopic (exact) mass is 455 g/mol. The number of pyridine rings is 3. The van der Waals surface area contributed by atoms with E-state index in [1.807, 2.05) is 31.2 Å². The number of alkyl halides is 1. The van der Waals surface area contributed by atoms with Gasteiger partial charge in [0.05, 0.1) is 24.0 Å². The number of anilines is 2. The van der Waals surface area contributed by atoms with E-state index in [-0.39, 0.29) is 17.5 Å². The minimum atomic E-state index is -1.65. The molecule has 0 atom stereocenters. The molecule has 1 aliphatic heterocycles. The van der Waals surface area contributed by atoms with Crippen LogP contribution in [0, 0.1) is 6.92 Å². The molecule has 2 N–H and O–H groups in total. The van der Waals surface area contributed by atoms with Crippen molar-refractivity contribution < 1.29 is 14.0 Å². The van der Waals surface area contributed by atoms with Crippen LogP contribution in [0.4, 0.5) is 15.9 Å². The molecule has 4 aromatic rings. The summed E-state index contributed by atoms with van der Waals surface area (Å²) in [5, 5.41) is 7.51. The zero-order valence-electron chi connectivity index (χ0n) is 18.9. The number of nitrogens with zero attached hydrogens (tertiary/aromatic N) is 3. The Bertz CT molecular complexity index is 1480. The Morgan fingerprint density at radius 2 is 1.91 bits per heavy atom. The molecule has 2 amide bonds. The van der Waals surface area contributed by atoms with E-state index in [4.69, 9.17) is 0 Å². The Labute approximate surface area is 195 Å². The minimum Gasteiger partial charge on any atom is -0.321 e. The van der Waals surface area contributed by atoms with Crippen molar-refractivity contribution in [2.45, 2.75) is 32.9 Å². The van der Waals surface area contributed by atoms with Gasteiger partial charge in [-0.15, -0.1) is 0 Å². The highest BCUT2D eigenvalue weighted by Gasteiger charge is 2.23. The van der Waals surface area contributed by atoms with Gasteiger partial charge in [0, 0.05) is 40.2 Å². The molecule has 0 saturated heterocycles. The SMILES string of the molecule is Cc1ncc(NC(=O)c2ccnc(C(C)(C)F)c2)cc1-c1ccc2c3c(ncc2c1)NC(=O)C3. The maximum atomic E-state index is 14.3. The first-order chi connectivity index (χ1) is 16.2. The molecule has 5 rings (SSSR count). The maximum absolute atomic E-state index is 14.3. The third-order valence-corrected chi connectivity index (χ3v) is 5.88. The van der Waals surface area contributed by atoms with E-state index in [1.54, 1.807) is 18.5 Å². The smallest absolute Gasteiger partial charge is 0.255 e. The lowest BCUT2D eigenvalue weighted by molar-refractivity contribution is -0.115. The fourth-order valence-corrected chi connectivity index (χ4v) is 4.07. The second-order valence-corrected chi connectivity index (χ2v) is 8.83. The van der Waals surface area contributed by atoms with Gasteiger partial charge in [-0.3, -0.25) is 19.6 Å². The number of aryl methyl sites for hydroxylation is 1. The second kappa shape index (κ2) is 7.98. The van der Waals surface area contributed by atoms with Crippen molar-refractivity contribution in [1.82, 2.24) is 15.0 Å². The predicted octanol–water partition coefficient (Wildman–Crippen LogP) is 4.95. The first-order valence-electron chi connectivity index (χ1n) is 10.8. The first-order valence-corrected chi connectivity index (χ1v) is 10.8. The van der Waals surface area contributed by atoms with Gasteiger partial charge in [0.2, 0.25) is 5.91 Å². The summed E-state index contributed by atoms with van der Waals surface area (Å²) in [5.41, 5.74) is 2.84. The van der Waals surface area contributed by atoms with Gasteiger partial charge >= 0.3 is 0 Å². The minimum absolute atomic E-state index is 0.0565. The van der Waals surface area contributed by atoms with Crippen LogP contribution in [0.2, 0.25) is 0 Å². The molecule has 34 heavy (non-hydrogen) atoms. The average molecular weight is 455 g/mol. The highest BCUT2D eigenvalue weighted by molar-refractivity contribution is 6.06. The Morgan fingerprint density at radius 3 is 2.71 bits per heavy atom. The van der Waals surface area contributed by atoms with Crippen molar-refractivity contribution >= 4 is 34.1 Å². The Hall–Kier alpha value is -4.20. The number of hydrogen-bond acceptors (Lipinski definition) is 5. The van der Waals surface area contributed by atoms with Crippen molar-refractivity contribution in [3.05, 3.63) is 77.5 Å². The number of amides is 2. The number of carbonyl (C=O) groups excluding carboxylic acids is 2. The van der Waals surface area contributed by atoms with Crippen LogP contribution >= 0.6 is 0 Å². The van der Waals surface area contributed by atoms with Gasteiger partial charge in [0.25, 0.3) is 5.91 Å². The second-order valence-electron chi connectivity index (χ2n) is 8.83. The first kappa shape index (κ1) is 21.6. The van der Waals surface area contributed by atoms with Crippen molar-refractivity contribution in [1.29, 1.82) is 0 Å². The van der Waals surface area contributed by atoms with E-state index in [1.165, 1.54) is 26.1 Å². The summed E-state index contributed by atoms with van der Waals surface area (Å²) in [6.07, 6.45) is 5.07. The van der Waals surface area contributed by atoms with E-state index in [0.29, 0.717) is 23.5 Å². The molecule has 0 unspecified atom stereocenters. The number of benzene rings is 1. The number of carbonyl (C=O) groups is 2. The normalized spacial score (nSPS) is 13.0. The molecule has 1 aliphatic rings. The molecule has 0 bridgehead atoms. The van der Waals surface area contributed by atoms with E-state index in [9.17, 15) is 14.0 Å². The van der Waals surface area contributed by atoms with Crippen molar-refractivity contribution in [2.75, 3.05) is 10.6 Å². The average Bonchev–Trinajstić information content (AvgIpc) is 3.20. The molecule has 8 heteroatoms. The molecular formula is C26H22FN5O2. The molecule has 0 saturated carbocycles. The Balaban J connectivity index is 1.45. The molecular weight excluding hydrogens is 433 g/mol. The van der Waals surface area contributed by atoms with Gasteiger partial charge < -0.3 is 10.6 Å². The number of rotatable bonds is 4. The summed E-state index contributed by atoms with van der Waals surface area (Å²) in [5.74, 6) is 0.183. The third-order valence-electron chi connectivity index (χ3n) is 5.88. The zero-order valence-corrected chi connectivity index (χ0v) is 18.9. The van der Waals surface area contributed by atoms with Gasteiger partial charge in [-0.05, 0) is 56.0 Å². The van der Waals surface area contributed by atoms with Crippen LogP contribution in [-0.4, -0.2) is 26.8 Å². The van der Waals surface area contributed by atoms with Crippen LogP contribution < -0.4 is 10.6 Å². The summed E-state index contributed by atoms with van der Waals surface area (Å²) in [7, 11) is 0. The van der Waals surface area contributed by atoms with Gasteiger partial charge in [0.15, 0.2) is 0 Å². The Kier molecular flexibility index (Phi) is 5.08. The van der Waals surface area contributed by atoms with Crippen LogP contribution in [0.5, 0.6) is 0 Å². The summed E-state index contributed by atoms with van der Waals surface area (Å²) in [6.45, 7) is 4.69. The highest BCUT2D eigenvalue weighted by atomic mass is 19.1. The topological polar surface area (TPSA) is 96.9 Å². The molecule has 7 nitrogen and oxygen atoms in total. The number of nitrogens with one attached hydrogen (secondary N) is 2. The molecule has 1 aromatic carbocycles. The maximum Gasteiger partial charge on any atom is 0.255 e. The van der Waals surface area contributed by atoms with Gasteiger partial charge in [0.1, 0.15) is 11.5 Å². The van der Waals surface area contributed by atoms with Gasteiger partial charge in [-0.2, -0.15) is 0 Å². The number of halogens is 1. The van der Waals surface area contributed by atoms with Crippen molar-refractivity contribution in [3.8, 4) is 11.1 Å². The highest BCUT2D eigenvalue weighted by Crippen LogP contribution is 2.33. The molecule has 4 heterocycles. The molecule has 0 fully saturated rings. The van der Waals surface area contributed by atoms with Crippen LogP contribution in [0.1, 0.15) is 41.2 Å². The molecule has 0 radical (unpaired) electrons. The molecule has 0 spiro atoms. The van der Waals surface area contributed by atoms with Gasteiger partial charge in [-0.1, -0.05) is 12.1 Å². The fourth-order valence-electron chi connectivity index (χ4n) is 4.07. The summed E-state index contributed by atoms with van der Waals surface area (Å²) < 4.78 is 14.3. The lowest BCUT2D eigenvalue weighted by atomic mass is 9.98. The van der Waals surface area contributed by atoms with Crippen molar-refractivity contribution in [2.24, 2.45) is 0 Å². The lowest BCUT2D eigenvalue weighted by Gasteiger charge is -2.14. The summed E-state index contributed by atoms with van der Waals surface area (Å²) in [6, 6.07) is 10.8. The standard InChI is InChI=1S/C26H22FN5O2/c1-14-20(15-4-5-19-17(8-15)12-30-24-21(19)11-23(33)32-24)10-18(13-29-14)31-25(34)16-6-7-28-22(9-16)26(2,3)27/h4-10,12-13H,11H2,1-3H3,(H,31,34)(H,30,32,33). The number of aromatic nitrogens is 3. The molecule has 0 aliphatic carbocycles. The van der Waals surface area contributed by atoms with E-state index in [2.05, 4.69) is 25.6 Å². The lowest BCUT2D eigenvalue weighted by Crippen LogP contribution is -2.16. The Morgan fingerprint density at radius 1 is 1.09 bits per heavy atom. The van der Waals surface area contributed by atoms with Crippen molar-refractivity contribution in [3.63, 3.8) is 0 Å². The van der Waals surface area contributed by atoms with E-state index >= 15 is 0 Å². The molecule has 170 valence electrons. The van der Waals surface area contributed by atoms with Crippen LogP contribution in [0.3, 0.4) is 0 Å². The molecule has 3 aromatic heterocycles. The summed E-state index contributed by atoms with van der Waals surface area (Å²) >= 11 is 0. The summed E-state index contributed by atoms with van der Waals surface area (Å²) in [4.78, 5) is 37.4. The number of fused-ring (bicyclic) bond motifs is 3. The number of hydrogen-bond donors (Lipinski definition) is 2. The van der Waals surface area contributed by atoms with E-state index < -0.39 is 5.67 Å². The predicted molar refractivity (Wildman–Crippen MR) is 128 cm³/mol. The quantitative estimate of drug-likeness (QED) is 0.454. The van der Waals surface area contributed by atoms with E-state index in [0.717, 1.165) is 33.2 Å². The zero-order chi connectivity index (χ0) is 24.0. The van der Waals surface area contributed by atoms with Gasteiger partial charge in [-0.25, -0.2) is 9.37 Å². The van der Waals surface area contributed by atoms with Crippen LogP contribution in [-0.2, 0) is 16.9 Å². The largest absolute Gasteiger partial charge is 0.321 e. The van der Waals surface area contributed by atoms with Crippen LogP contribution in [0.15, 0.2) is 55.0 Å².